The summed E-state index contributed by atoms with van der Waals surface area (Å²) in [7, 11) is -3.48. The number of hydrogen-bond donors (Lipinski definition) is 1. The first-order valence-corrected chi connectivity index (χ1v) is 14.7. The van der Waals surface area contributed by atoms with Gasteiger partial charge in [-0.25, -0.2) is 26.9 Å². The van der Waals surface area contributed by atoms with Crippen LogP contribution < -0.4 is 10.5 Å². The van der Waals surface area contributed by atoms with E-state index in [1.54, 1.807) is 45.0 Å². The molecule has 2 heterocycles. The molecule has 0 atom stereocenters. The number of aryl methyl sites for hydroxylation is 1. The minimum atomic E-state index is -3.48. The van der Waals surface area contributed by atoms with E-state index < -0.39 is 27.2 Å². The molecule has 2 aromatic heterocycles. The lowest BCUT2D eigenvalue weighted by molar-refractivity contribution is 0.103. The van der Waals surface area contributed by atoms with E-state index in [2.05, 4.69) is 10.1 Å². The van der Waals surface area contributed by atoms with Crippen molar-refractivity contribution in [2.24, 2.45) is 5.92 Å². The van der Waals surface area contributed by atoms with Gasteiger partial charge in [-0.05, 0) is 53.8 Å². The molecule has 0 amide bonds. The van der Waals surface area contributed by atoms with Gasteiger partial charge >= 0.3 is 0 Å². The summed E-state index contributed by atoms with van der Waals surface area (Å²) in [6.45, 7) is 5.36. The van der Waals surface area contributed by atoms with Gasteiger partial charge in [-0.3, -0.25) is 4.79 Å². The zero-order valence-electron chi connectivity index (χ0n) is 22.7. The molecule has 11 heteroatoms. The third-order valence-electron chi connectivity index (χ3n) is 6.66. The summed E-state index contributed by atoms with van der Waals surface area (Å²) in [6.07, 6.45) is 4.62. The van der Waals surface area contributed by atoms with Crippen LogP contribution in [-0.4, -0.2) is 34.7 Å². The molecule has 0 fully saturated rings. The molecule has 41 heavy (non-hydrogen) atoms. The molecule has 212 valence electrons. The highest BCUT2D eigenvalue weighted by atomic mass is 32.2. The number of ketones is 1. The Morgan fingerprint density at radius 2 is 1.88 bits per heavy atom. The lowest BCUT2D eigenvalue weighted by Gasteiger charge is -2.11. The number of para-hydroxylation sites is 1. The highest BCUT2D eigenvalue weighted by molar-refractivity contribution is 7.90. The molecule has 1 aliphatic carbocycles. The number of allylic oxidation sites excluding steroid dienone is 1. The van der Waals surface area contributed by atoms with Crippen LogP contribution in [0, 0.1) is 24.5 Å². The average Bonchev–Trinajstić information content (AvgIpc) is 3.47. The van der Waals surface area contributed by atoms with Crippen LogP contribution in [0.15, 0.2) is 60.4 Å². The lowest BCUT2D eigenvalue weighted by atomic mass is 10.0. The Bertz CT molecular complexity index is 1810. The Morgan fingerprint density at radius 1 is 1.12 bits per heavy atom. The molecule has 4 aromatic rings. The van der Waals surface area contributed by atoms with E-state index in [1.165, 1.54) is 41.3 Å². The Morgan fingerprint density at radius 3 is 2.59 bits per heavy atom. The fourth-order valence-corrected chi connectivity index (χ4v) is 6.64. The maximum atomic E-state index is 14.8. The molecule has 0 spiro atoms. The highest BCUT2D eigenvalue weighted by Crippen LogP contribution is 2.32. The van der Waals surface area contributed by atoms with Crippen LogP contribution in [0.1, 0.15) is 46.5 Å². The number of carbonyl (C=O) groups excluding carboxylic acids is 1. The third-order valence-corrected chi connectivity index (χ3v) is 8.59. The molecule has 0 saturated carbocycles. The summed E-state index contributed by atoms with van der Waals surface area (Å²) < 4.78 is 60.5. The number of aromatic nitrogens is 3. The van der Waals surface area contributed by atoms with E-state index in [-0.39, 0.29) is 52.4 Å². The maximum Gasteiger partial charge on any atom is 0.219 e. The van der Waals surface area contributed by atoms with E-state index in [1.807, 2.05) is 0 Å². The van der Waals surface area contributed by atoms with Crippen LogP contribution in [0.25, 0.3) is 11.8 Å². The van der Waals surface area contributed by atoms with Crippen LogP contribution >= 0.6 is 0 Å². The number of carbonyl (C=O) groups is 1. The van der Waals surface area contributed by atoms with Gasteiger partial charge in [0.05, 0.1) is 35.2 Å². The van der Waals surface area contributed by atoms with Gasteiger partial charge in [-0.1, -0.05) is 32.0 Å². The van der Waals surface area contributed by atoms with Crippen molar-refractivity contribution in [3.8, 4) is 17.3 Å². The molecule has 0 unspecified atom stereocenters. The van der Waals surface area contributed by atoms with Gasteiger partial charge < -0.3 is 10.5 Å². The van der Waals surface area contributed by atoms with E-state index in [0.717, 1.165) is 0 Å². The van der Waals surface area contributed by atoms with E-state index in [0.29, 0.717) is 28.0 Å². The van der Waals surface area contributed by atoms with Crippen molar-refractivity contribution in [3.05, 3.63) is 99.9 Å². The smallest absolute Gasteiger partial charge is 0.219 e. The summed E-state index contributed by atoms with van der Waals surface area (Å²) in [5, 5.41) is 4.28. The Kier molecular flexibility index (Phi) is 7.48. The second-order valence-corrected chi connectivity index (χ2v) is 12.6. The number of anilines is 1. The molecule has 0 aliphatic heterocycles. The lowest BCUT2D eigenvalue weighted by Crippen LogP contribution is -2.15. The van der Waals surface area contributed by atoms with Crippen LogP contribution in [-0.2, 0) is 22.0 Å². The van der Waals surface area contributed by atoms with Crippen molar-refractivity contribution < 1.29 is 26.7 Å². The van der Waals surface area contributed by atoms with E-state index >= 15 is 0 Å². The molecule has 0 saturated heterocycles. The number of fused-ring (bicyclic) bond motifs is 1. The monoisotopic (exact) mass is 578 g/mol. The number of rotatable bonds is 9. The predicted octanol–water partition coefficient (Wildman–Crippen LogP) is 5.62. The number of nitrogen functional groups attached to an aromatic ring is 1. The number of halogens is 2. The van der Waals surface area contributed by atoms with Crippen LogP contribution in [0.4, 0.5) is 14.6 Å². The van der Waals surface area contributed by atoms with Crippen LogP contribution in [0.5, 0.6) is 11.6 Å². The average molecular weight is 579 g/mol. The van der Waals surface area contributed by atoms with Gasteiger partial charge in [-0.15, -0.1) is 0 Å². The number of sulfone groups is 1. The quantitative estimate of drug-likeness (QED) is 0.256. The maximum absolute atomic E-state index is 14.8. The topological polar surface area (TPSA) is 117 Å². The number of nitrogens with zero attached hydrogens (tertiary/aromatic N) is 3. The summed E-state index contributed by atoms with van der Waals surface area (Å²) >= 11 is 0. The number of ether oxygens (including phenoxy) is 1. The second kappa shape index (κ2) is 10.9. The van der Waals surface area contributed by atoms with Crippen molar-refractivity contribution in [1.82, 2.24) is 14.8 Å². The Balaban J connectivity index is 1.35. The number of pyridine rings is 1. The van der Waals surface area contributed by atoms with E-state index in [4.69, 9.17) is 10.5 Å². The van der Waals surface area contributed by atoms with Crippen molar-refractivity contribution in [1.29, 1.82) is 0 Å². The molecule has 5 rings (SSSR count). The molecule has 0 radical (unpaired) electrons. The molecule has 8 nitrogen and oxygen atoms in total. The first kappa shape index (κ1) is 28.2. The van der Waals surface area contributed by atoms with Crippen molar-refractivity contribution in [3.63, 3.8) is 0 Å². The standard InChI is InChI=1S/C30H28F2N4O4S/c1-17(2)15-41(38,39)16-22-11-19-9-21(10-20(19)12-25(22)32)29(37)23-13-35-36(30(23)33)26-14-34-28(8-18(26)3)40-27-7-5-4-6-24(27)31/h4-8,10-14,17H,9,15-16,33H2,1-3H3. The minimum Gasteiger partial charge on any atom is -0.436 e. The largest absolute Gasteiger partial charge is 0.436 e. The van der Waals surface area contributed by atoms with Crippen molar-refractivity contribution >= 4 is 27.5 Å². The van der Waals surface area contributed by atoms with Gasteiger partial charge in [0.25, 0.3) is 0 Å². The number of benzene rings is 2. The molecular formula is C30H28F2N4O4S. The van der Waals surface area contributed by atoms with Gasteiger partial charge in [0.2, 0.25) is 5.88 Å². The van der Waals surface area contributed by atoms with E-state index in [9.17, 15) is 22.0 Å². The number of nitrogens with two attached hydrogens (primary N) is 1. The zero-order valence-corrected chi connectivity index (χ0v) is 23.5. The fourth-order valence-electron chi connectivity index (χ4n) is 4.81. The molecule has 0 bridgehead atoms. The van der Waals surface area contributed by atoms with Crippen LogP contribution in [0.2, 0.25) is 0 Å². The Labute approximate surface area is 236 Å². The second-order valence-electron chi connectivity index (χ2n) is 10.5. The summed E-state index contributed by atoms with van der Waals surface area (Å²) in [5.41, 5.74) is 9.33. The van der Waals surface area contributed by atoms with Crippen molar-refractivity contribution in [2.75, 3.05) is 11.5 Å². The summed E-state index contributed by atoms with van der Waals surface area (Å²) in [6, 6.07) is 10.4. The molecule has 1 aliphatic rings. The zero-order chi connectivity index (χ0) is 29.5. The van der Waals surface area contributed by atoms with Crippen LogP contribution in [0.3, 0.4) is 0 Å². The van der Waals surface area contributed by atoms with Gasteiger partial charge in [0.15, 0.2) is 27.2 Å². The normalized spacial score (nSPS) is 12.9. The summed E-state index contributed by atoms with van der Waals surface area (Å²) in [5.74, 6) is -1.72. The van der Waals surface area contributed by atoms with Crippen molar-refractivity contribution in [2.45, 2.75) is 32.9 Å². The van der Waals surface area contributed by atoms with Gasteiger partial charge in [0, 0.05) is 23.6 Å². The fraction of sp³-hybridized carbons (Fsp3) is 0.233. The SMILES string of the molecule is Cc1cc(Oc2ccccc2F)ncc1-n1ncc(C(=O)C2=Cc3cc(F)c(CS(=O)(=O)CC(C)C)cc3C2)c1N. The molecular weight excluding hydrogens is 550 g/mol. The minimum absolute atomic E-state index is 0.0358. The highest BCUT2D eigenvalue weighted by Gasteiger charge is 2.26. The van der Waals surface area contributed by atoms with Gasteiger partial charge in [0.1, 0.15) is 11.6 Å². The first-order valence-electron chi connectivity index (χ1n) is 12.9. The summed E-state index contributed by atoms with van der Waals surface area (Å²) in [4.78, 5) is 17.6. The number of hydrogen-bond acceptors (Lipinski definition) is 7. The Hall–Kier alpha value is -4.38. The molecule has 2 aromatic carbocycles. The third kappa shape index (κ3) is 5.90. The predicted molar refractivity (Wildman–Crippen MR) is 152 cm³/mol. The van der Waals surface area contributed by atoms with Gasteiger partial charge in [-0.2, -0.15) is 5.10 Å². The number of Topliss-reactive ketones (excluding diaryl/α,β-unsaturated/α-hetero) is 1. The first-order chi connectivity index (χ1) is 19.4. The molecule has 2 N–H and O–H groups in total.